The van der Waals surface area contributed by atoms with Gasteiger partial charge in [-0.3, -0.25) is 9.59 Å². The molecule has 0 spiro atoms. The van der Waals surface area contributed by atoms with Crippen LogP contribution in [0.1, 0.15) is 44.4 Å². The quantitative estimate of drug-likeness (QED) is 0.429. The van der Waals surface area contributed by atoms with E-state index in [1.54, 1.807) is 12.0 Å². The third kappa shape index (κ3) is 3.59. The number of methoxy groups -OCH3 is 1. The Kier molecular flexibility index (Phi) is 5.25. The number of nitrogens with zero attached hydrogens (tertiary/aromatic N) is 1. The van der Waals surface area contributed by atoms with Gasteiger partial charge >= 0.3 is 0 Å². The zero-order valence-corrected chi connectivity index (χ0v) is 18.9. The SMILES string of the molecule is COc1ccc(C2c3c(oc4cc(C)c(C)cc4c3=O)C(=O)N2CCc2ccccc2)cc1. The van der Waals surface area contributed by atoms with Gasteiger partial charge in [-0.2, -0.15) is 0 Å². The molecule has 1 amide bonds. The van der Waals surface area contributed by atoms with Gasteiger partial charge < -0.3 is 14.1 Å². The number of hydrogen-bond acceptors (Lipinski definition) is 4. The molecule has 1 aliphatic rings. The Morgan fingerprint density at radius 3 is 2.33 bits per heavy atom. The van der Waals surface area contributed by atoms with E-state index in [1.165, 1.54) is 0 Å². The van der Waals surface area contributed by atoms with E-state index >= 15 is 0 Å². The number of fused-ring (bicyclic) bond motifs is 2. The molecule has 1 aliphatic heterocycles. The Hall–Kier alpha value is -3.86. The fourth-order valence-electron chi connectivity index (χ4n) is 4.53. The van der Waals surface area contributed by atoms with Gasteiger partial charge in [-0.25, -0.2) is 0 Å². The molecule has 1 unspecified atom stereocenters. The van der Waals surface area contributed by atoms with E-state index in [0.29, 0.717) is 29.5 Å². The highest BCUT2D eigenvalue weighted by Crippen LogP contribution is 2.39. The third-order valence-corrected chi connectivity index (χ3v) is 6.50. The second kappa shape index (κ2) is 8.24. The molecule has 4 aromatic rings. The fourth-order valence-corrected chi connectivity index (χ4v) is 4.53. The van der Waals surface area contributed by atoms with Crippen LogP contribution in [0.2, 0.25) is 0 Å². The summed E-state index contributed by atoms with van der Waals surface area (Å²) in [4.78, 5) is 29.0. The van der Waals surface area contributed by atoms with Crippen LogP contribution in [0.3, 0.4) is 0 Å². The van der Waals surface area contributed by atoms with Crippen molar-refractivity contribution >= 4 is 16.9 Å². The van der Waals surface area contributed by atoms with E-state index in [1.807, 2.05) is 80.6 Å². The lowest BCUT2D eigenvalue weighted by Crippen LogP contribution is -2.31. The maximum atomic E-state index is 13.7. The second-order valence-corrected chi connectivity index (χ2v) is 8.52. The standard InChI is InChI=1S/C28H25NO4/c1-17-15-22-23(16-18(17)2)33-27-24(26(22)30)25(20-9-11-21(32-3)12-10-20)29(28(27)31)14-13-19-7-5-4-6-8-19/h4-12,15-16,25H,13-14H2,1-3H3. The number of ether oxygens (including phenoxy) is 1. The first-order valence-corrected chi connectivity index (χ1v) is 11.0. The Morgan fingerprint density at radius 2 is 1.64 bits per heavy atom. The molecule has 5 heteroatoms. The van der Waals surface area contributed by atoms with Gasteiger partial charge in [0.05, 0.1) is 24.1 Å². The first-order valence-electron chi connectivity index (χ1n) is 11.0. The molecular formula is C28H25NO4. The highest BCUT2D eigenvalue weighted by atomic mass is 16.5. The minimum Gasteiger partial charge on any atom is -0.497 e. The van der Waals surface area contributed by atoms with Crippen molar-refractivity contribution in [2.24, 2.45) is 0 Å². The average Bonchev–Trinajstić information content (AvgIpc) is 3.11. The molecule has 0 saturated heterocycles. The lowest BCUT2D eigenvalue weighted by molar-refractivity contribution is 0.0730. The van der Waals surface area contributed by atoms with Gasteiger partial charge in [-0.15, -0.1) is 0 Å². The number of amides is 1. The third-order valence-electron chi connectivity index (χ3n) is 6.50. The first-order chi connectivity index (χ1) is 16.0. The zero-order chi connectivity index (χ0) is 23.1. The van der Waals surface area contributed by atoms with Gasteiger partial charge in [0.15, 0.2) is 5.43 Å². The summed E-state index contributed by atoms with van der Waals surface area (Å²) < 4.78 is 11.4. The smallest absolute Gasteiger partial charge is 0.290 e. The average molecular weight is 440 g/mol. The van der Waals surface area contributed by atoms with Crippen molar-refractivity contribution in [2.75, 3.05) is 13.7 Å². The van der Waals surface area contributed by atoms with Crippen LogP contribution in [0, 0.1) is 13.8 Å². The first kappa shape index (κ1) is 21.0. The maximum absolute atomic E-state index is 13.7. The summed E-state index contributed by atoms with van der Waals surface area (Å²) in [6, 6.07) is 20.7. The molecule has 1 atom stereocenters. The van der Waals surface area contributed by atoms with Crippen LogP contribution in [0.15, 0.2) is 75.9 Å². The van der Waals surface area contributed by atoms with Crippen LogP contribution >= 0.6 is 0 Å². The van der Waals surface area contributed by atoms with Crippen molar-refractivity contribution in [3.63, 3.8) is 0 Å². The summed E-state index contributed by atoms with van der Waals surface area (Å²) in [5, 5.41) is 0.507. The minimum absolute atomic E-state index is 0.143. The van der Waals surface area contributed by atoms with Crippen LogP contribution in [0.25, 0.3) is 11.0 Å². The van der Waals surface area contributed by atoms with Crippen molar-refractivity contribution < 1.29 is 13.9 Å². The van der Waals surface area contributed by atoms with E-state index in [2.05, 4.69) is 0 Å². The molecule has 0 bridgehead atoms. The molecule has 166 valence electrons. The summed E-state index contributed by atoms with van der Waals surface area (Å²) in [5.74, 6) is 0.611. The van der Waals surface area contributed by atoms with Crippen molar-refractivity contribution in [2.45, 2.75) is 26.3 Å². The van der Waals surface area contributed by atoms with Crippen LogP contribution in [0.4, 0.5) is 0 Å². The van der Waals surface area contributed by atoms with Crippen molar-refractivity contribution in [3.8, 4) is 5.75 Å². The Labute approximate surface area is 192 Å². The van der Waals surface area contributed by atoms with Gasteiger partial charge in [0.25, 0.3) is 5.91 Å². The second-order valence-electron chi connectivity index (χ2n) is 8.52. The van der Waals surface area contributed by atoms with E-state index in [4.69, 9.17) is 9.15 Å². The normalized spacial score (nSPS) is 15.2. The van der Waals surface area contributed by atoms with Crippen molar-refractivity contribution in [3.05, 3.63) is 111 Å². The lowest BCUT2D eigenvalue weighted by atomic mass is 9.97. The highest BCUT2D eigenvalue weighted by molar-refractivity contribution is 5.99. The Balaban J connectivity index is 1.66. The summed E-state index contributed by atoms with van der Waals surface area (Å²) in [6.07, 6.45) is 0.680. The van der Waals surface area contributed by atoms with Gasteiger partial charge in [-0.05, 0) is 66.8 Å². The van der Waals surface area contributed by atoms with E-state index < -0.39 is 6.04 Å². The molecule has 0 radical (unpaired) electrons. The largest absolute Gasteiger partial charge is 0.497 e. The van der Waals surface area contributed by atoms with E-state index in [0.717, 1.165) is 28.0 Å². The van der Waals surface area contributed by atoms with Gasteiger partial charge in [0.2, 0.25) is 5.76 Å². The number of rotatable bonds is 5. The predicted octanol–water partition coefficient (Wildman–Crippen LogP) is 5.21. The molecule has 0 fully saturated rings. The van der Waals surface area contributed by atoms with Crippen molar-refractivity contribution in [1.29, 1.82) is 0 Å². The molecule has 5 rings (SSSR count). The molecule has 0 saturated carbocycles. The van der Waals surface area contributed by atoms with Gasteiger partial charge in [0, 0.05) is 6.54 Å². The summed E-state index contributed by atoms with van der Waals surface area (Å²) in [6.45, 7) is 4.41. The van der Waals surface area contributed by atoms with E-state index in [9.17, 15) is 9.59 Å². The summed E-state index contributed by atoms with van der Waals surface area (Å²) in [7, 11) is 1.61. The highest BCUT2D eigenvalue weighted by Gasteiger charge is 2.42. The number of carbonyl (C=O) groups excluding carboxylic acids is 1. The molecule has 0 aliphatic carbocycles. The van der Waals surface area contributed by atoms with E-state index in [-0.39, 0.29) is 17.1 Å². The van der Waals surface area contributed by atoms with Crippen LogP contribution in [0.5, 0.6) is 5.75 Å². The lowest BCUT2D eigenvalue weighted by Gasteiger charge is -2.25. The molecule has 1 aromatic heterocycles. The number of aryl methyl sites for hydroxylation is 2. The topological polar surface area (TPSA) is 59.8 Å². The number of carbonyl (C=O) groups is 1. The van der Waals surface area contributed by atoms with Gasteiger partial charge in [0.1, 0.15) is 11.3 Å². The van der Waals surface area contributed by atoms with Gasteiger partial charge in [-0.1, -0.05) is 42.5 Å². The monoisotopic (exact) mass is 439 g/mol. The molecule has 3 aromatic carbocycles. The Morgan fingerprint density at radius 1 is 0.939 bits per heavy atom. The number of benzene rings is 3. The predicted molar refractivity (Wildman–Crippen MR) is 128 cm³/mol. The summed E-state index contributed by atoms with van der Waals surface area (Å²) >= 11 is 0. The number of hydrogen-bond donors (Lipinski definition) is 0. The maximum Gasteiger partial charge on any atom is 0.290 e. The minimum atomic E-state index is -0.510. The van der Waals surface area contributed by atoms with Crippen LogP contribution in [-0.2, 0) is 6.42 Å². The molecule has 0 N–H and O–H groups in total. The molecule has 2 heterocycles. The van der Waals surface area contributed by atoms with Crippen LogP contribution < -0.4 is 10.2 Å². The van der Waals surface area contributed by atoms with Crippen molar-refractivity contribution in [1.82, 2.24) is 4.90 Å². The fraction of sp³-hybridized carbons (Fsp3) is 0.214. The van der Waals surface area contributed by atoms with Crippen LogP contribution in [-0.4, -0.2) is 24.5 Å². The molecule has 5 nitrogen and oxygen atoms in total. The molecular weight excluding hydrogens is 414 g/mol. The zero-order valence-electron chi connectivity index (χ0n) is 18.9. The molecule has 33 heavy (non-hydrogen) atoms. The Bertz CT molecular complexity index is 1400. The summed E-state index contributed by atoms with van der Waals surface area (Å²) in [5.41, 5.74) is 4.73.